The minimum Gasteiger partial charge on any atom is -0.311 e. The maximum atomic E-state index is 2.47. The van der Waals surface area contributed by atoms with Crippen molar-refractivity contribution in [3.8, 4) is 50.2 Å². The van der Waals surface area contributed by atoms with Gasteiger partial charge in [0.05, 0.1) is 16.7 Å². The second-order valence-corrected chi connectivity index (χ2v) is 17.7. The van der Waals surface area contributed by atoms with Crippen LogP contribution in [-0.4, -0.2) is 4.57 Å². The first-order chi connectivity index (χ1) is 33.7. The molecule has 0 aliphatic carbocycles. The van der Waals surface area contributed by atoms with Crippen LogP contribution in [0.25, 0.3) is 104 Å². The van der Waals surface area contributed by atoms with E-state index in [9.17, 15) is 0 Å². The Kier molecular flexibility index (Phi) is 9.54. The molecule has 1 heterocycles. The highest BCUT2D eigenvalue weighted by molar-refractivity contribution is 6.16. The lowest BCUT2D eigenvalue weighted by Crippen LogP contribution is -2.09. The zero-order valence-corrected chi connectivity index (χ0v) is 37.3. The summed E-state index contributed by atoms with van der Waals surface area (Å²) in [5.41, 5.74) is 16.4. The summed E-state index contributed by atoms with van der Waals surface area (Å²) < 4.78 is 2.47. The zero-order valence-electron chi connectivity index (χ0n) is 37.3. The van der Waals surface area contributed by atoms with Gasteiger partial charge in [-0.15, -0.1) is 0 Å². The van der Waals surface area contributed by atoms with Crippen LogP contribution in [0.4, 0.5) is 17.1 Å². The first kappa shape index (κ1) is 39.4. The van der Waals surface area contributed by atoms with Crippen molar-refractivity contribution in [1.29, 1.82) is 0 Å². The van der Waals surface area contributed by atoms with Crippen LogP contribution in [0.15, 0.2) is 267 Å². The van der Waals surface area contributed by atoms with Crippen LogP contribution in [-0.2, 0) is 0 Å². The Bertz CT molecular complexity index is 3990. The Hall–Kier alpha value is -8.98. The molecule has 0 atom stereocenters. The molecule has 2 heteroatoms. The van der Waals surface area contributed by atoms with Gasteiger partial charge in [0, 0.05) is 33.4 Å². The second-order valence-electron chi connectivity index (χ2n) is 17.7. The molecule has 0 unspecified atom stereocenters. The Balaban J connectivity index is 0.922. The summed E-state index contributed by atoms with van der Waals surface area (Å²) in [5, 5.41) is 10.0. The molecule has 0 spiro atoms. The van der Waals surface area contributed by atoms with Crippen LogP contribution in [0.1, 0.15) is 0 Å². The number of nitrogens with zero attached hydrogens (tertiary/aromatic N) is 2. The van der Waals surface area contributed by atoms with Crippen LogP contribution in [0.2, 0.25) is 0 Å². The molecule has 0 fully saturated rings. The smallest absolute Gasteiger partial charge is 0.0547 e. The van der Waals surface area contributed by atoms with E-state index < -0.39 is 0 Å². The van der Waals surface area contributed by atoms with Crippen molar-refractivity contribution in [1.82, 2.24) is 4.57 Å². The van der Waals surface area contributed by atoms with Crippen molar-refractivity contribution in [3.05, 3.63) is 267 Å². The van der Waals surface area contributed by atoms with Gasteiger partial charge in [-0.2, -0.15) is 0 Å². The van der Waals surface area contributed by atoms with E-state index >= 15 is 0 Å². The fourth-order valence-electron chi connectivity index (χ4n) is 10.5. The van der Waals surface area contributed by atoms with Crippen molar-refractivity contribution < 1.29 is 0 Å². The minimum atomic E-state index is 1.08. The first-order valence-electron chi connectivity index (χ1n) is 23.4. The number of benzene rings is 12. The van der Waals surface area contributed by atoms with Crippen molar-refractivity contribution in [2.75, 3.05) is 4.90 Å². The van der Waals surface area contributed by atoms with Crippen LogP contribution >= 0.6 is 0 Å². The summed E-state index contributed by atoms with van der Waals surface area (Å²) >= 11 is 0. The van der Waals surface area contributed by atoms with E-state index in [-0.39, 0.29) is 0 Å². The Morgan fingerprint density at radius 1 is 0.235 bits per heavy atom. The molecular weight excluding hydrogens is 821 g/mol. The SMILES string of the molecule is c1ccc(-c2ccc(N(c3ccc(-c4ccccc4-n4c5ccccc5c5ccc(-c6cc7ccccc7c7ccccc67)cc54)cc3)c3ccc(-c4cccc5ccccc45)cc3)cc2)cc1. The van der Waals surface area contributed by atoms with E-state index in [1.54, 1.807) is 0 Å². The molecule has 0 aliphatic heterocycles. The maximum absolute atomic E-state index is 2.47. The quantitative estimate of drug-likeness (QED) is 0.138. The van der Waals surface area contributed by atoms with Crippen LogP contribution in [0, 0.1) is 0 Å². The van der Waals surface area contributed by atoms with E-state index in [4.69, 9.17) is 0 Å². The largest absolute Gasteiger partial charge is 0.311 e. The zero-order chi connectivity index (χ0) is 45.0. The second kappa shape index (κ2) is 16.5. The Morgan fingerprint density at radius 3 is 1.46 bits per heavy atom. The molecule has 68 heavy (non-hydrogen) atoms. The summed E-state index contributed by atoms with van der Waals surface area (Å²) in [6, 6.07) is 97.4. The topological polar surface area (TPSA) is 8.17 Å². The van der Waals surface area contributed by atoms with Gasteiger partial charge in [-0.05, 0) is 132 Å². The predicted octanol–water partition coefficient (Wildman–Crippen LogP) is 18.4. The molecule has 0 amide bonds. The van der Waals surface area contributed by atoms with Crippen molar-refractivity contribution in [2.24, 2.45) is 0 Å². The molecule has 0 bridgehead atoms. The molecule has 13 rings (SSSR count). The third kappa shape index (κ3) is 6.73. The van der Waals surface area contributed by atoms with Crippen LogP contribution in [0.5, 0.6) is 0 Å². The van der Waals surface area contributed by atoms with Gasteiger partial charge in [0.1, 0.15) is 0 Å². The molecule has 0 radical (unpaired) electrons. The van der Waals surface area contributed by atoms with Gasteiger partial charge < -0.3 is 9.47 Å². The number of para-hydroxylation sites is 2. The molecule has 0 aliphatic rings. The van der Waals surface area contributed by atoms with Gasteiger partial charge in [-0.25, -0.2) is 0 Å². The third-order valence-corrected chi connectivity index (χ3v) is 13.8. The molecule has 0 saturated carbocycles. The summed E-state index contributed by atoms with van der Waals surface area (Å²) in [6.45, 7) is 0. The van der Waals surface area contributed by atoms with E-state index in [0.717, 1.165) is 28.3 Å². The van der Waals surface area contributed by atoms with Crippen molar-refractivity contribution >= 4 is 71.2 Å². The van der Waals surface area contributed by atoms with Crippen LogP contribution in [0.3, 0.4) is 0 Å². The molecule has 2 nitrogen and oxygen atoms in total. The van der Waals surface area contributed by atoms with E-state index in [0.29, 0.717) is 0 Å². The standard InChI is InChI=1S/C66H44N2/c1-2-15-45(16-3-1)46-29-36-52(37-30-46)67(53-38-31-48(32-39-53)56-26-14-19-47-17-4-6-20-55(47)56)54-40-33-49(34-41-54)58-22-10-12-27-64(58)68-65-28-13-11-25-61(65)62-42-35-51(44-66(62)68)63-43-50-18-5-7-21-57(50)59-23-8-9-24-60(59)63/h1-44H. The lowest BCUT2D eigenvalue weighted by Gasteiger charge is -2.26. The van der Waals surface area contributed by atoms with Gasteiger partial charge in [-0.1, -0.05) is 206 Å². The lowest BCUT2D eigenvalue weighted by atomic mass is 9.93. The molecule has 13 aromatic rings. The highest BCUT2D eigenvalue weighted by Gasteiger charge is 2.19. The molecule has 0 saturated heterocycles. The number of hydrogen-bond donors (Lipinski definition) is 0. The van der Waals surface area contributed by atoms with E-state index in [1.165, 1.54) is 93.1 Å². The van der Waals surface area contributed by atoms with Gasteiger partial charge in [0.25, 0.3) is 0 Å². The molecule has 1 aromatic heterocycles. The number of anilines is 3. The number of hydrogen-bond acceptors (Lipinski definition) is 1. The number of rotatable bonds is 8. The van der Waals surface area contributed by atoms with Crippen LogP contribution < -0.4 is 4.90 Å². The van der Waals surface area contributed by atoms with E-state index in [2.05, 4.69) is 276 Å². The summed E-state index contributed by atoms with van der Waals surface area (Å²) in [7, 11) is 0. The van der Waals surface area contributed by atoms with Gasteiger partial charge in [-0.3, -0.25) is 0 Å². The predicted molar refractivity (Wildman–Crippen MR) is 290 cm³/mol. The first-order valence-corrected chi connectivity index (χ1v) is 23.4. The van der Waals surface area contributed by atoms with Gasteiger partial charge in [0.2, 0.25) is 0 Å². The normalized spacial score (nSPS) is 11.5. The number of aromatic nitrogens is 1. The maximum Gasteiger partial charge on any atom is 0.0547 e. The fraction of sp³-hybridized carbons (Fsp3) is 0. The fourth-order valence-corrected chi connectivity index (χ4v) is 10.5. The monoisotopic (exact) mass is 864 g/mol. The average molecular weight is 865 g/mol. The van der Waals surface area contributed by atoms with Gasteiger partial charge >= 0.3 is 0 Å². The number of fused-ring (bicyclic) bond motifs is 7. The summed E-state index contributed by atoms with van der Waals surface area (Å²) in [4.78, 5) is 2.36. The minimum absolute atomic E-state index is 1.08. The van der Waals surface area contributed by atoms with Gasteiger partial charge in [0.15, 0.2) is 0 Å². The molecule has 0 N–H and O–H groups in total. The molecule has 318 valence electrons. The van der Waals surface area contributed by atoms with Crippen molar-refractivity contribution in [3.63, 3.8) is 0 Å². The highest BCUT2D eigenvalue weighted by Crippen LogP contribution is 2.43. The summed E-state index contributed by atoms with van der Waals surface area (Å²) in [5.74, 6) is 0. The molecule has 12 aromatic carbocycles. The molecular formula is C66H44N2. The Morgan fingerprint density at radius 2 is 0.721 bits per heavy atom. The Labute approximate surface area is 395 Å². The lowest BCUT2D eigenvalue weighted by molar-refractivity contribution is 1.18. The summed E-state index contributed by atoms with van der Waals surface area (Å²) in [6.07, 6.45) is 0. The van der Waals surface area contributed by atoms with Crippen molar-refractivity contribution in [2.45, 2.75) is 0 Å². The average Bonchev–Trinajstić information content (AvgIpc) is 3.75. The van der Waals surface area contributed by atoms with E-state index in [1.807, 2.05) is 0 Å². The third-order valence-electron chi connectivity index (χ3n) is 13.8. The highest BCUT2D eigenvalue weighted by atomic mass is 15.1.